The van der Waals surface area contributed by atoms with E-state index in [1.54, 1.807) is 24.2 Å². The van der Waals surface area contributed by atoms with E-state index in [2.05, 4.69) is 65.2 Å². The van der Waals surface area contributed by atoms with Crippen LogP contribution in [0.25, 0.3) is 33.4 Å². The van der Waals surface area contributed by atoms with Crippen LogP contribution in [0.1, 0.15) is 86.9 Å². The molecule has 14 nitrogen and oxygen atoms in total. The van der Waals surface area contributed by atoms with Gasteiger partial charge < -0.3 is 24.1 Å². The Labute approximate surface area is 359 Å². The molecule has 5 aromatic rings. The molecule has 1 saturated heterocycles. The van der Waals surface area contributed by atoms with Gasteiger partial charge in [-0.3, -0.25) is 29.1 Å². The zero-order chi connectivity index (χ0) is 42.6. The molecule has 1 aromatic carbocycles. The maximum atomic E-state index is 14.2. The van der Waals surface area contributed by atoms with E-state index < -0.39 is 23.5 Å². The van der Waals surface area contributed by atoms with Crippen LogP contribution in [0, 0.1) is 29.1 Å². The van der Waals surface area contributed by atoms with Gasteiger partial charge in [-0.25, -0.2) is 10.4 Å². The smallest absolute Gasteiger partial charge is 0.324 e. The fraction of sp³-hybridized carbons (Fsp3) is 0.478. The molecule has 0 spiro atoms. The fourth-order valence-electron chi connectivity index (χ4n) is 8.82. The van der Waals surface area contributed by atoms with Crippen LogP contribution >= 0.6 is 11.3 Å². The first kappa shape index (κ1) is 40.8. The number of benzene rings is 1. The highest BCUT2D eigenvalue weighted by molar-refractivity contribution is 7.10. The average molecular weight is 845 g/mol. The summed E-state index contributed by atoms with van der Waals surface area (Å²) in [4.78, 5) is 51.4. The number of methoxy groups -OCH3 is 1. The summed E-state index contributed by atoms with van der Waals surface area (Å²) < 4.78 is 22.5. The zero-order valence-corrected chi connectivity index (χ0v) is 36.4. The van der Waals surface area contributed by atoms with Crippen molar-refractivity contribution in [2.45, 2.75) is 91.0 Å². The second-order valence-corrected chi connectivity index (χ2v) is 18.7. The van der Waals surface area contributed by atoms with Crippen molar-refractivity contribution in [2.75, 3.05) is 26.9 Å². The van der Waals surface area contributed by atoms with E-state index in [0.29, 0.717) is 62.2 Å². The van der Waals surface area contributed by atoms with Crippen LogP contribution in [0.4, 0.5) is 0 Å². The second kappa shape index (κ2) is 16.4. The summed E-state index contributed by atoms with van der Waals surface area (Å²) in [7, 11) is 3.55. The summed E-state index contributed by atoms with van der Waals surface area (Å²) in [6.45, 7) is 9.93. The van der Waals surface area contributed by atoms with Gasteiger partial charge in [0, 0.05) is 78.8 Å². The summed E-state index contributed by atoms with van der Waals surface area (Å²) >= 11 is 1.46. The summed E-state index contributed by atoms with van der Waals surface area (Å²) in [5, 5.41) is 12.5. The number of carbonyl (C=O) groups is 3. The molecular weight excluding hydrogens is 793 g/mol. The number of nitrogens with zero attached hydrogens (tertiary/aromatic N) is 6. The molecule has 1 unspecified atom stereocenters. The van der Waals surface area contributed by atoms with Crippen molar-refractivity contribution in [2.24, 2.45) is 24.3 Å². The summed E-state index contributed by atoms with van der Waals surface area (Å²) in [5.74, 6) is 7.26. The lowest BCUT2D eigenvalue weighted by Crippen LogP contribution is -2.60. The number of aryl methyl sites for hydroxylation is 1. The number of pyridine rings is 1. The number of amides is 2. The molecule has 15 heteroatoms. The lowest BCUT2D eigenvalue weighted by molar-refractivity contribution is -0.155. The highest BCUT2D eigenvalue weighted by atomic mass is 32.1. The van der Waals surface area contributed by atoms with E-state index in [1.807, 2.05) is 31.6 Å². The maximum absolute atomic E-state index is 14.2. The molecule has 4 aliphatic rings. The predicted octanol–water partition coefficient (Wildman–Crippen LogP) is 5.75. The van der Waals surface area contributed by atoms with Crippen molar-refractivity contribution in [3.05, 3.63) is 69.6 Å². The monoisotopic (exact) mass is 844 g/mol. The van der Waals surface area contributed by atoms with E-state index in [1.165, 1.54) is 16.3 Å². The molecule has 2 N–H and O–H groups in total. The third kappa shape index (κ3) is 8.41. The third-order valence-corrected chi connectivity index (χ3v) is 13.2. The van der Waals surface area contributed by atoms with Gasteiger partial charge in [-0.15, -0.1) is 11.3 Å². The number of aromatic nitrogens is 5. The van der Waals surface area contributed by atoms with Crippen LogP contribution in [0.15, 0.2) is 42.2 Å². The zero-order valence-electron chi connectivity index (χ0n) is 35.5. The van der Waals surface area contributed by atoms with Gasteiger partial charge in [0.05, 0.1) is 58.6 Å². The molecule has 2 amide bonds. The number of carbonyl (C=O) groups excluding carboxylic acids is 3. The SMILES string of the molecule is CO[C@@H](C)c1ncc(C#Cc2cnn(C)c2)cc1-c1c2c3cc(cc4c3n1CCO4)-c1csc(n1)CC(NC(=O)C[C@H]1C[C@@H]1C)C(=O)N1CCC[C@H](N1)C(=O)OCC(C)(C)C2. The topological polar surface area (TPSA) is 155 Å². The van der Waals surface area contributed by atoms with Gasteiger partial charge in [0.15, 0.2) is 0 Å². The first-order chi connectivity index (χ1) is 29.3. The predicted molar refractivity (Wildman–Crippen MR) is 230 cm³/mol. The van der Waals surface area contributed by atoms with Gasteiger partial charge >= 0.3 is 5.97 Å². The number of nitrogens with one attached hydrogen (secondary N) is 2. The van der Waals surface area contributed by atoms with Crippen molar-refractivity contribution in [1.82, 2.24) is 40.1 Å². The molecule has 1 saturated carbocycles. The maximum Gasteiger partial charge on any atom is 0.324 e. The Kier molecular flexibility index (Phi) is 11.0. The van der Waals surface area contributed by atoms with E-state index in [-0.39, 0.29) is 30.9 Å². The summed E-state index contributed by atoms with van der Waals surface area (Å²) in [6.07, 6.45) is 8.35. The molecule has 2 fully saturated rings. The molecule has 318 valence electrons. The largest absolute Gasteiger partial charge is 0.489 e. The first-order valence-electron chi connectivity index (χ1n) is 21.2. The molecule has 9 rings (SSSR count). The van der Waals surface area contributed by atoms with E-state index in [9.17, 15) is 14.4 Å². The molecule has 7 heterocycles. The molecular formula is C46H52N8O6S. The van der Waals surface area contributed by atoms with Crippen molar-refractivity contribution in [3.8, 4) is 40.1 Å². The highest BCUT2D eigenvalue weighted by Gasteiger charge is 2.38. The van der Waals surface area contributed by atoms with Crippen LogP contribution in [0.2, 0.25) is 0 Å². The number of cyclic esters (lactones) is 1. The Morgan fingerprint density at radius 3 is 2.74 bits per heavy atom. The number of thiazole rings is 1. The Balaban J connectivity index is 1.19. The first-order valence-corrected chi connectivity index (χ1v) is 22.1. The molecule has 3 aliphatic heterocycles. The van der Waals surface area contributed by atoms with E-state index in [4.69, 9.17) is 24.2 Å². The number of hydrogen-bond acceptors (Lipinski definition) is 11. The van der Waals surface area contributed by atoms with Crippen LogP contribution in [0.5, 0.6) is 5.75 Å². The second-order valence-electron chi connectivity index (χ2n) is 17.8. The van der Waals surface area contributed by atoms with Gasteiger partial charge in [-0.2, -0.15) is 5.10 Å². The number of fused-ring (bicyclic) bond motifs is 6. The minimum Gasteiger partial charge on any atom is -0.489 e. The van der Waals surface area contributed by atoms with Gasteiger partial charge in [-0.1, -0.05) is 32.6 Å². The summed E-state index contributed by atoms with van der Waals surface area (Å²) in [6, 6.07) is 4.74. The Morgan fingerprint density at radius 1 is 1.15 bits per heavy atom. The number of hydrazine groups is 1. The quantitative estimate of drug-likeness (QED) is 0.160. The third-order valence-electron chi connectivity index (χ3n) is 12.3. The van der Waals surface area contributed by atoms with E-state index in [0.717, 1.165) is 68.0 Å². The lowest BCUT2D eigenvalue weighted by atomic mass is 9.84. The van der Waals surface area contributed by atoms with E-state index >= 15 is 0 Å². The van der Waals surface area contributed by atoms with Crippen molar-refractivity contribution in [1.29, 1.82) is 0 Å². The highest BCUT2D eigenvalue weighted by Crippen LogP contribution is 2.46. The summed E-state index contributed by atoms with van der Waals surface area (Å²) in [5.41, 5.74) is 10.5. The minimum absolute atomic E-state index is 0.136. The fourth-order valence-corrected chi connectivity index (χ4v) is 9.67. The van der Waals surface area contributed by atoms with Crippen LogP contribution in [-0.4, -0.2) is 86.1 Å². The van der Waals surface area contributed by atoms with Gasteiger partial charge in [0.1, 0.15) is 24.4 Å². The van der Waals surface area contributed by atoms with Crippen LogP contribution < -0.4 is 15.5 Å². The Morgan fingerprint density at radius 2 is 1.97 bits per heavy atom. The Hall–Kier alpha value is -5.56. The van der Waals surface area contributed by atoms with Crippen LogP contribution in [0.3, 0.4) is 0 Å². The number of esters is 1. The minimum atomic E-state index is -0.863. The van der Waals surface area contributed by atoms with Crippen molar-refractivity contribution in [3.63, 3.8) is 0 Å². The molecule has 0 radical (unpaired) electrons. The molecule has 4 aromatic heterocycles. The number of ether oxygens (including phenoxy) is 3. The molecule has 1 aliphatic carbocycles. The molecule has 61 heavy (non-hydrogen) atoms. The van der Waals surface area contributed by atoms with Gasteiger partial charge in [0.2, 0.25) is 5.91 Å². The van der Waals surface area contributed by atoms with Gasteiger partial charge in [-0.05, 0) is 68.2 Å². The Bertz CT molecular complexity index is 2600. The average Bonchev–Trinajstić information content (AvgIpc) is 3.56. The lowest BCUT2D eigenvalue weighted by Gasteiger charge is -2.35. The van der Waals surface area contributed by atoms with Crippen molar-refractivity contribution >= 4 is 40.0 Å². The molecule has 5 atom stereocenters. The van der Waals surface area contributed by atoms with Gasteiger partial charge in [0.25, 0.3) is 5.91 Å². The normalized spacial score (nSPS) is 22.7. The standard InChI is InChI=1S/C46H52N8O6S/c1-26-14-30(26)18-39(55)49-36-19-40-50-37(24-61-40)31-16-32-34(20-46(3,4)25-60-45(57)35-8-7-11-54(51-35)44(36)56)42(53-12-13-59-38(17-31)43(32)53)33-15-28(21-47-41(33)27(2)58-6)9-10-29-22-48-52(5)23-29/h15-17,21-24,26-27,30,35-36,51H,7-8,11-14,18-20,25H2,1-6H3,(H,49,55)/t26-,27-,30+,35-,36?/m0/s1. The number of hydrogen-bond donors (Lipinski definition) is 2. The van der Waals surface area contributed by atoms with Crippen molar-refractivity contribution < 1.29 is 28.6 Å². The van der Waals surface area contributed by atoms with Crippen LogP contribution in [-0.2, 0) is 50.3 Å². The number of rotatable bonds is 6. The molecule has 6 bridgehead atoms.